The second kappa shape index (κ2) is 2.11. The van der Waals surface area contributed by atoms with Crippen LogP contribution in [0.25, 0.3) is 0 Å². The van der Waals surface area contributed by atoms with E-state index in [1.807, 2.05) is 12.4 Å². The molecule has 0 aromatic carbocycles. The van der Waals surface area contributed by atoms with Crippen molar-refractivity contribution in [3.8, 4) is 0 Å². The van der Waals surface area contributed by atoms with Crippen LogP contribution in [-0.2, 0) is 0 Å². The normalized spacial score (nSPS) is 30.3. The van der Waals surface area contributed by atoms with Gasteiger partial charge in [0.25, 0.3) is 0 Å². The van der Waals surface area contributed by atoms with Gasteiger partial charge in [0.1, 0.15) is 0 Å². The fraction of sp³-hybridized carbons (Fsp3) is 0.625. The molecule has 0 aromatic heterocycles. The van der Waals surface area contributed by atoms with E-state index in [1.54, 1.807) is 0 Å². The maximum Gasteiger partial charge on any atom is 0.0532 e. The third kappa shape index (κ3) is 0.753. The minimum atomic E-state index is 0.734. The summed E-state index contributed by atoms with van der Waals surface area (Å²) in [4.78, 5) is 6.55. The summed E-state index contributed by atoms with van der Waals surface area (Å²) in [5.41, 5.74) is 1.43. The van der Waals surface area contributed by atoms with Gasteiger partial charge in [0, 0.05) is 24.2 Å². The maximum absolute atomic E-state index is 4.13. The zero-order valence-electron chi connectivity index (χ0n) is 6.25. The SMILES string of the molecule is CC1CCC2=CN=CCN21. The standard InChI is InChI=1S/C8H12N2/c1-7-2-3-8-6-9-4-5-10(7)8/h4,6-7H,2-3,5H2,1H3. The average molecular weight is 136 g/mol. The highest BCUT2D eigenvalue weighted by atomic mass is 15.2. The lowest BCUT2D eigenvalue weighted by atomic mass is 10.2. The Kier molecular flexibility index (Phi) is 1.26. The molecule has 1 unspecified atom stereocenters. The van der Waals surface area contributed by atoms with E-state index in [4.69, 9.17) is 0 Å². The molecule has 0 aliphatic carbocycles. The molecule has 1 saturated heterocycles. The van der Waals surface area contributed by atoms with E-state index in [1.165, 1.54) is 18.5 Å². The van der Waals surface area contributed by atoms with Crippen molar-refractivity contribution in [3.05, 3.63) is 11.9 Å². The smallest absolute Gasteiger partial charge is 0.0532 e. The minimum Gasteiger partial charge on any atom is -0.366 e. The van der Waals surface area contributed by atoms with Crippen molar-refractivity contribution in [1.82, 2.24) is 4.90 Å². The lowest BCUT2D eigenvalue weighted by molar-refractivity contribution is 0.350. The van der Waals surface area contributed by atoms with Crippen LogP contribution in [0.1, 0.15) is 19.8 Å². The van der Waals surface area contributed by atoms with Gasteiger partial charge in [-0.3, -0.25) is 4.99 Å². The van der Waals surface area contributed by atoms with Crippen LogP contribution >= 0.6 is 0 Å². The first-order chi connectivity index (χ1) is 4.88. The number of hydrogen-bond acceptors (Lipinski definition) is 2. The molecule has 2 rings (SSSR count). The number of allylic oxidation sites excluding steroid dienone is 1. The second-order valence-electron chi connectivity index (χ2n) is 2.99. The number of fused-ring (bicyclic) bond motifs is 1. The van der Waals surface area contributed by atoms with Gasteiger partial charge in [-0.05, 0) is 19.8 Å². The van der Waals surface area contributed by atoms with E-state index in [9.17, 15) is 0 Å². The fourth-order valence-corrected chi connectivity index (χ4v) is 1.65. The zero-order chi connectivity index (χ0) is 6.97. The third-order valence-corrected chi connectivity index (χ3v) is 2.33. The van der Waals surface area contributed by atoms with E-state index in [-0.39, 0.29) is 0 Å². The molecule has 1 fully saturated rings. The van der Waals surface area contributed by atoms with Crippen molar-refractivity contribution in [2.24, 2.45) is 4.99 Å². The van der Waals surface area contributed by atoms with Crippen LogP contribution in [0.4, 0.5) is 0 Å². The summed E-state index contributed by atoms with van der Waals surface area (Å²) in [6, 6.07) is 0.734. The molecule has 54 valence electrons. The second-order valence-corrected chi connectivity index (χ2v) is 2.99. The first-order valence-corrected chi connectivity index (χ1v) is 3.85. The topological polar surface area (TPSA) is 15.6 Å². The maximum atomic E-state index is 4.13. The Morgan fingerprint density at radius 1 is 1.70 bits per heavy atom. The largest absolute Gasteiger partial charge is 0.366 e. The first kappa shape index (κ1) is 5.96. The highest BCUT2D eigenvalue weighted by Crippen LogP contribution is 2.27. The number of nitrogens with zero attached hydrogens (tertiary/aromatic N) is 2. The van der Waals surface area contributed by atoms with Crippen molar-refractivity contribution >= 4 is 6.21 Å². The molecule has 0 spiro atoms. The molecule has 1 atom stereocenters. The number of aliphatic imine (C=N–C) groups is 1. The van der Waals surface area contributed by atoms with E-state index >= 15 is 0 Å². The zero-order valence-corrected chi connectivity index (χ0v) is 6.25. The third-order valence-electron chi connectivity index (χ3n) is 2.33. The molecule has 0 bridgehead atoms. The molecule has 0 saturated carbocycles. The fourth-order valence-electron chi connectivity index (χ4n) is 1.65. The van der Waals surface area contributed by atoms with Gasteiger partial charge in [0.2, 0.25) is 0 Å². The molecule has 0 radical (unpaired) electrons. The molecule has 0 N–H and O–H groups in total. The van der Waals surface area contributed by atoms with Crippen molar-refractivity contribution in [1.29, 1.82) is 0 Å². The monoisotopic (exact) mass is 136 g/mol. The summed E-state index contributed by atoms with van der Waals surface area (Å²) in [7, 11) is 0. The molecule has 2 heteroatoms. The van der Waals surface area contributed by atoms with Gasteiger partial charge in [-0.15, -0.1) is 0 Å². The van der Waals surface area contributed by atoms with E-state index in [0.29, 0.717) is 0 Å². The Morgan fingerprint density at radius 2 is 2.60 bits per heavy atom. The van der Waals surface area contributed by atoms with Crippen LogP contribution in [0.3, 0.4) is 0 Å². The Bertz CT molecular complexity index is 193. The highest BCUT2D eigenvalue weighted by molar-refractivity contribution is 5.62. The summed E-state index contributed by atoms with van der Waals surface area (Å²) in [6.45, 7) is 3.30. The van der Waals surface area contributed by atoms with Crippen LogP contribution in [0.15, 0.2) is 16.9 Å². The molecule has 2 heterocycles. The Balaban J connectivity index is 2.23. The molecule has 0 amide bonds. The summed E-state index contributed by atoms with van der Waals surface area (Å²) in [6.07, 6.45) is 6.49. The Morgan fingerprint density at radius 3 is 3.40 bits per heavy atom. The lowest BCUT2D eigenvalue weighted by Gasteiger charge is -2.24. The van der Waals surface area contributed by atoms with Gasteiger partial charge in [-0.1, -0.05) is 0 Å². The molecular formula is C8H12N2. The van der Waals surface area contributed by atoms with E-state index < -0.39 is 0 Å². The molecule has 2 nitrogen and oxygen atoms in total. The number of rotatable bonds is 0. The molecule has 0 aromatic rings. The first-order valence-electron chi connectivity index (χ1n) is 3.85. The van der Waals surface area contributed by atoms with Crippen molar-refractivity contribution < 1.29 is 0 Å². The van der Waals surface area contributed by atoms with Gasteiger partial charge in [-0.25, -0.2) is 0 Å². The van der Waals surface area contributed by atoms with Crippen molar-refractivity contribution in [2.75, 3.05) is 6.54 Å². The van der Waals surface area contributed by atoms with E-state index in [0.717, 1.165) is 12.6 Å². The molecule has 2 aliphatic heterocycles. The van der Waals surface area contributed by atoms with Crippen LogP contribution in [-0.4, -0.2) is 23.7 Å². The van der Waals surface area contributed by atoms with Gasteiger partial charge < -0.3 is 4.90 Å². The predicted octanol–water partition coefficient (Wildman–Crippen LogP) is 1.40. The summed E-state index contributed by atoms with van der Waals surface area (Å²) in [5, 5.41) is 0. The van der Waals surface area contributed by atoms with Crippen LogP contribution < -0.4 is 0 Å². The molecule has 2 aliphatic rings. The Labute approximate surface area is 61.2 Å². The highest BCUT2D eigenvalue weighted by Gasteiger charge is 2.24. The van der Waals surface area contributed by atoms with Crippen LogP contribution in [0.2, 0.25) is 0 Å². The number of hydrogen-bond donors (Lipinski definition) is 0. The van der Waals surface area contributed by atoms with Crippen LogP contribution in [0.5, 0.6) is 0 Å². The summed E-state index contributed by atoms with van der Waals surface area (Å²) in [5.74, 6) is 0. The van der Waals surface area contributed by atoms with Gasteiger partial charge in [0.05, 0.1) is 6.54 Å². The molecular weight excluding hydrogens is 124 g/mol. The van der Waals surface area contributed by atoms with Gasteiger partial charge in [-0.2, -0.15) is 0 Å². The molecule has 10 heavy (non-hydrogen) atoms. The summed E-state index contributed by atoms with van der Waals surface area (Å²) < 4.78 is 0. The predicted molar refractivity (Wildman–Crippen MR) is 42.0 cm³/mol. The average Bonchev–Trinajstić information content (AvgIpc) is 2.34. The van der Waals surface area contributed by atoms with Crippen molar-refractivity contribution in [2.45, 2.75) is 25.8 Å². The van der Waals surface area contributed by atoms with Crippen molar-refractivity contribution in [3.63, 3.8) is 0 Å². The summed E-state index contributed by atoms with van der Waals surface area (Å²) >= 11 is 0. The quantitative estimate of drug-likeness (QED) is 0.491. The van der Waals surface area contributed by atoms with Crippen LogP contribution in [0, 0.1) is 0 Å². The lowest BCUT2D eigenvalue weighted by Crippen LogP contribution is -2.28. The van der Waals surface area contributed by atoms with Gasteiger partial charge >= 0.3 is 0 Å². The van der Waals surface area contributed by atoms with E-state index in [2.05, 4.69) is 16.8 Å². The minimum absolute atomic E-state index is 0.734. The van der Waals surface area contributed by atoms with Gasteiger partial charge in [0.15, 0.2) is 0 Å². The Hall–Kier alpha value is -0.790.